The van der Waals surface area contributed by atoms with E-state index in [1.54, 1.807) is 7.05 Å². The van der Waals surface area contributed by atoms with Gasteiger partial charge in [-0.2, -0.15) is 0 Å². The minimum atomic E-state index is -2.86. The first-order valence-corrected chi connectivity index (χ1v) is 3.52. The summed E-state index contributed by atoms with van der Waals surface area (Å²) in [5.41, 5.74) is 0. The van der Waals surface area contributed by atoms with Gasteiger partial charge >= 0.3 is 59.1 Å². The molecular weight excluding hydrogens is 228 g/mol. The third-order valence-electron chi connectivity index (χ3n) is 0.204. The molecule has 0 amide bonds. The van der Waals surface area contributed by atoms with Gasteiger partial charge in [-0.05, 0) is 0 Å². The van der Waals surface area contributed by atoms with Crippen molar-refractivity contribution in [1.29, 1.82) is 0 Å². The molecule has 9 heteroatoms. The Morgan fingerprint density at radius 2 is 1.82 bits per heavy atom. The van der Waals surface area contributed by atoms with Gasteiger partial charge in [0.15, 0.2) is 0 Å². The summed E-state index contributed by atoms with van der Waals surface area (Å²) in [6.07, 6.45) is 0. The van der Waals surface area contributed by atoms with Gasteiger partial charge in [0.1, 0.15) is 0 Å². The molecule has 0 aromatic carbocycles. The van der Waals surface area contributed by atoms with Crippen LogP contribution in [-0.4, -0.2) is 24.7 Å². The van der Waals surface area contributed by atoms with Crippen LogP contribution in [0.25, 0.3) is 0 Å². The second-order valence-corrected chi connectivity index (χ2v) is 2.26. The summed E-state index contributed by atoms with van der Waals surface area (Å²) >= 11 is 5.94. The molecule has 0 saturated carbocycles. The summed E-state index contributed by atoms with van der Waals surface area (Å²) in [6, 6.07) is 0. The second-order valence-electron chi connectivity index (χ2n) is 0.755. The van der Waals surface area contributed by atoms with Crippen LogP contribution in [0.1, 0.15) is 0 Å². The zero-order valence-electron chi connectivity index (χ0n) is 6.49. The van der Waals surface area contributed by atoms with Crippen molar-refractivity contribution < 1.29 is 72.4 Å². The van der Waals surface area contributed by atoms with Crippen LogP contribution in [0.15, 0.2) is 0 Å². The molecule has 0 aliphatic heterocycles. The predicted molar refractivity (Wildman–Crippen MR) is 40.6 cm³/mol. The minimum absolute atomic E-state index is 0. The van der Waals surface area contributed by atoms with E-state index in [-0.39, 0.29) is 59.1 Å². The first-order chi connectivity index (χ1) is 4.00. The molecule has 0 aliphatic carbocycles. The molecule has 0 saturated heterocycles. The van der Waals surface area contributed by atoms with E-state index in [4.69, 9.17) is 13.3 Å². The molecule has 0 rings (SSSR count). The minimum Gasteiger partial charge on any atom is -0.750 e. The zero-order chi connectivity index (χ0) is 7.86. The van der Waals surface area contributed by atoms with E-state index in [1.807, 2.05) is 0 Å². The monoisotopic (exact) mass is 233 g/mol. The summed E-state index contributed by atoms with van der Waals surface area (Å²) < 4.78 is 24.5. The summed E-state index contributed by atoms with van der Waals surface area (Å²) in [4.78, 5) is 0. The summed E-state index contributed by atoms with van der Waals surface area (Å²) in [6.45, 7) is 0. The fourth-order valence-electron chi connectivity index (χ4n) is 0. The summed E-state index contributed by atoms with van der Waals surface area (Å²) in [5, 5.41) is 2.57. The largest absolute Gasteiger partial charge is 1.00 e. The van der Waals surface area contributed by atoms with Gasteiger partial charge < -0.3 is 39.3 Å². The van der Waals surface area contributed by atoms with Crippen molar-refractivity contribution >= 4 is 40.5 Å². The van der Waals surface area contributed by atoms with Gasteiger partial charge in [-0.1, -0.05) is 4.32 Å². The maximum absolute atomic E-state index is 8.56. The Kier molecular flexibility index (Phi) is 38.1. The third kappa shape index (κ3) is 72.2. The normalized spacial score (nSPS) is 8.64. The Labute approximate surface area is 123 Å². The van der Waals surface area contributed by atoms with Crippen molar-refractivity contribution in [1.82, 2.24) is 5.32 Å². The van der Waals surface area contributed by atoms with Crippen LogP contribution in [0.3, 0.4) is 0 Å². The molecule has 0 bridgehead atoms. The van der Waals surface area contributed by atoms with Gasteiger partial charge in [0.05, 0.1) is 11.4 Å². The molecule has 0 radical (unpaired) electrons. The smallest absolute Gasteiger partial charge is 0.750 e. The van der Waals surface area contributed by atoms with Crippen LogP contribution >= 0.6 is 12.2 Å². The Morgan fingerprint density at radius 3 is 1.82 bits per heavy atom. The van der Waals surface area contributed by atoms with Crippen molar-refractivity contribution in [3.8, 4) is 0 Å². The van der Waals surface area contributed by atoms with E-state index in [2.05, 4.69) is 30.2 Å². The molecule has 56 valence electrons. The van der Waals surface area contributed by atoms with Crippen LogP contribution in [0.2, 0.25) is 0 Å². The number of hydrogen-bond acceptors (Lipinski definition) is 4. The van der Waals surface area contributed by atoms with E-state index in [0.29, 0.717) is 4.32 Å². The average molecular weight is 233 g/mol. The maximum Gasteiger partial charge on any atom is 1.00 e. The molecule has 0 heterocycles. The molecule has 0 fully saturated rings. The van der Waals surface area contributed by atoms with Crippen LogP contribution in [-0.2, 0) is 24.0 Å². The summed E-state index contributed by atoms with van der Waals surface area (Å²) in [7, 11) is 1.70. The van der Waals surface area contributed by atoms with E-state index in [9.17, 15) is 0 Å². The molecule has 0 spiro atoms. The fraction of sp³-hybridized carbons (Fsp3) is 0.500. The number of nitrogens with one attached hydrogen (secondary N) is 1. The first kappa shape index (κ1) is 23.2. The second kappa shape index (κ2) is 18.1. The molecule has 0 aliphatic rings. The molecule has 0 aromatic heterocycles. The van der Waals surface area contributed by atoms with E-state index in [0.717, 1.165) is 0 Å². The maximum atomic E-state index is 8.56. The molecular formula is C2H5NNa2O3S3. The van der Waals surface area contributed by atoms with E-state index in [1.165, 1.54) is 0 Å². The van der Waals surface area contributed by atoms with Crippen molar-refractivity contribution in [2.24, 2.45) is 0 Å². The standard InChI is InChI=1S/C2H5NS2.2Na.H2O3S/c1-3-2(4)5;;;1-4(2)3/h1H3,(H2,3,4,5);;;(H2,1,2,3)/q;2*+1;/p-2. The fourth-order valence-corrected chi connectivity index (χ4v) is 0. The Bertz CT molecular complexity index is 109. The van der Waals surface area contributed by atoms with Crippen molar-refractivity contribution in [2.45, 2.75) is 0 Å². The van der Waals surface area contributed by atoms with Crippen LogP contribution in [0.4, 0.5) is 0 Å². The Morgan fingerprint density at radius 1 is 1.73 bits per heavy atom. The number of thiocarbonyl (C=S) groups is 1. The van der Waals surface area contributed by atoms with Gasteiger partial charge in [-0.3, -0.25) is 0 Å². The Hall–Kier alpha value is 2.18. The van der Waals surface area contributed by atoms with Crippen LogP contribution < -0.4 is 64.4 Å². The molecule has 1 unspecified atom stereocenters. The van der Waals surface area contributed by atoms with Crippen molar-refractivity contribution in [3.63, 3.8) is 0 Å². The molecule has 0 aromatic rings. The average Bonchev–Trinajstić information content (AvgIpc) is 1.65. The molecule has 11 heavy (non-hydrogen) atoms. The van der Waals surface area contributed by atoms with Crippen molar-refractivity contribution in [3.05, 3.63) is 0 Å². The van der Waals surface area contributed by atoms with E-state index < -0.39 is 11.4 Å². The van der Waals surface area contributed by atoms with Crippen LogP contribution in [0, 0.1) is 0 Å². The number of rotatable bonds is 0. The van der Waals surface area contributed by atoms with Gasteiger partial charge in [0, 0.05) is 7.05 Å². The quantitative estimate of drug-likeness (QED) is 0.188. The Balaban J connectivity index is -0.0000000383. The topological polar surface area (TPSA) is 72.4 Å². The first-order valence-electron chi connectivity index (χ1n) is 1.67. The van der Waals surface area contributed by atoms with Gasteiger partial charge in [-0.25, -0.2) is 4.21 Å². The molecule has 1 atom stereocenters. The third-order valence-corrected chi connectivity index (χ3v) is 0.612. The zero-order valence-corrected chi connectivity index (χ0v) is 12.9. The van der Waals surface area contributed by atoms with Crippen LogP contribution in [0.5, 0.6) is 0 Å². The van der Waals surface area contributed by atoms with Crippen molar-refractivity contribution in [2.75, 3.05) is 7.05 Å². The predicted octanol–water partition coefficient (Wildman–Crippen LogP) is -6.62. The van der Waals surface area contributed by atoms with E-state index >= 15 is 0 Å². The van der Waals surface area contributed by atoms with Gasteiger partial charge in [0.2, 0.25) is 0 Å². The van der Waals surface area contributed by atoms with Gasteiger partial charge in [-0.15, -0.1) is 0 Å². The molecule has 2 N–H and O–H groups in total. The number of hydrogen-bond donors (Lipinski definition) is 2. The SMILES string of the molecule is CNC(=S)[S-].O=S([O-])O.[Na+].[Na+]. The molecule has 4 nitrogen and oxygen atoms in total. The van der Waals surface area contributed by atoms with Gasteiger partial charge in [0.25, 0.3) is 0 Å². The summed E-state index contributed by atoms with van der Waals surface area (Å²) in [5.74, 6) is 0.